The third kappa shape index (κ3) is 2.25. The maximum absolute atomic E-state index is 5.53. The smallest absolute Gasteiger partial charge is 0.144 e. The molecule has 0 spiro atoms. The molecule has 0 aliphatic carbocycles. The first kappa shape index (κ1) is 11.1. The Morgan fingerprint density at radius 1 is 1.38 bits per heavy atom. The van der Waals surface area contributed by atoms with E-state index in [4.69, 9.17) is 10.3 Å². The second-order valence-corrected chi connectivity index (χ2v) is 4.59. The molecule has 1 heterocycles. The Morgan fingerprint density at radius 2 is 2.19 bits per heavy atom. The highest BCUT2D eigenvalue weighted by molar-refractivity contribution is 5.81. The molecule has 16 heavy (non-hydrogen) atoms. The predicted molar refractivity (Wildman–Crippen MR) is 65.3 cm³/mol. The van der Waals surface area contributed by atoms with Crippen molar-refractivity contribution in [2.45, 2.75) is 26.7 Å². The van der Waals surface area contributed by atoms with Gasteiger partial charge in [-0.15, -0.1) is 0 Å². The van der Waals surface area contributed by atoms with Crippen LogP contribution in [0.3, 0.4) is 0 Å². The van der Waals surface area contributed by atoms with Crippen LogP contribution in [0.4, 0.5) is 0 Å². The van der Waals surface area contributed by atoms with Gasteiger partial charge in [0.05, 0.1) is 0 Å². The zero-order valence-electron chi connectivity index (χ0n) is 9.86. The minimum atomic E-state index is 0.583. The minimum Gasteiger partial charge on any atom is -0.360 e. The first-order valence-corrected chi connectivity index (χ1v) is 5.78. The monoisotopic (exact) mass is 218 g/mol. The third-order valence-corrected chi connectivity index (χ3v) is 2.64. The molecule has 86 valence electrons. The number of fused-ring (bicyclic) bond motifs is 1. The Labute approximate surface area is 95.6 Å². The summed E-state index contributed by atoms with van der Waals surface area (Å²) >= 11 is 0. The number of nitrogens with two attached hydrogens (primary N) is 1. The van der Waals surface area contributed by atoms with E-state index in [-0.39, 0.29) is 0 Å². The van der Waals surface area contributed by atoms with Crippen LogP contribution in [0.25, 0.3) is 10.9 Å². The number of rotatable bonds is 4. The molecule has 0 atom stereocenters. The van der Waals surface area contributed by atoms with Crippen LogP contribution in [-0.4, -0.2) is 11.7 Å². The third-order valence-electron chi connectivity index (χ3n) is 2.64. The zero-order valence-corrected chi connectivity index (χ0v) is 9.86. The summed E-state index contributed by atoms with van der Waals surface area (Å²) < 4.78 is 5.38. The molecule has 2 N–H and O–H groups in total. The SMILES string of the molecule is CC(C)Cc1onc2cc(CCN)ccc12. The van der Waals surface area contributed by atoms with Crippen LogP contribution in [0.5, 0.6) is 0 Å². The second-order valence-electron chi connectivity index (χ2n) is 4.59. The molecule has 0 radical (unpaired) electrons. The highest BCUT2D eigenvalue weighted by Crippen LogP contribution is 2.22. The number of hydrogen-bond donors (Lipinski definition) is 1. The minimum absolute atomic E-state index is 0.583. The van der Waals surface area contributed by atoms with E-state index in [1.165, 1.54) is 5.56 Å². The van der Waals surface area contributed by atoms with Gasteiger partial charge in [-0.2, -0.15) is 0 Å². The van der Waals surface area contributed by atoms with Crippen LogP contribution in [-0.2, 0) is 12.8 Å². The van der Waals surface area contributed by atoms with Crippen molar-refractivity contribution in [3.05, 3.63) is 29.5 Å². The van der Waals surface area contributed by atoms with Crippen molar-refractivity contribution < 1.29 is 4.52 Å². The van der Waals surface area contributed by atoms with E-state index >= 15 is 0 Å². The van der Waals surface area contributed by atoms with Crippen molar-refractivity contribution in [2.24, 2.45) is 11.7 Å². The molecule has 0 saturated heterocycles. The number of aromatic nitrogens is 1. The van der Waals surface area contributed by atoms with Gasteiger partial charge in [0.15, 0.2) is 0 Å². The highest BCUT2D eigenvalue weighted by Gasteiger charge is 2.10. The average molecular weight is 218 g/mol. The van der Waals surface area contributed by atoms with Gasteiger partial charge in [0, 0.05) is 11.8 Å². The van der Waals surface area contributed by atoms with E-state index in [0.717, 1.165) is 29.5 Å². The molecule has 0 fully saturated rings. The fraction of sp³-hybridized carbons (Fsp3) is 0.462. The van der Waals surface area contributed by atoms with E-state index in [1.807, 2.05) is 0 Å². The lowest BCUT2D eigenvalue weighted by Crippen LogP contribution is -2.02. The van der Waals surface area contributed by atoms with Gasteiger partial charge in [-0.1, -0.05) is 25.1 Å². The Bertz CT molecular complexity index is 474. The van der Waals surface area contributed by atoms with Gasteiger partial charge >= 0.3 is 0 Å². The number of hydrogen-bond acceptors (Lipinski definition) is 3. The van der Waals surface area contributed by atoms with Gasteiger partial charge in [0.2, 0.25) is 0 Å². The van der Waals surface area contributed by atoms with E-state index in [9.17, 15) is 0 Å². The molecule has 2 aromatic rings. The Balaban J connectivity index is 2.34. The van der Waals surface area contributed by atoms with E-state index in [0.29, 0.717) is 12.5 Å². The van der Waals surface area contributed by atoms with Crippen LogP contribution >= 0.6 is 0 Å². The van der Waals surface area contributed by atoms with Crippen LogP contribution in [0.1, 0.15) is 25.2 Å². The number of benzene rings is 1. The van der Waals surface area contributed by atoms with Crippen molar-refractivity contribution in [1.29, 1.82) is 0 Å². The van der Waals surface area contributed by atoms with E-state index in [2.05, 4.69) is 37.2 Å². The van der Waals surface area contributed by atoms with Gasteiger partial charge in [0.25, 0.3) is 0 Å². The maximum Gasteiger partial charge on any atom is 0.144 e. The van der Waals surface area contributed by atoms with Gasteiger partial charge in [-0.3, -0.25) is 0 Å². The average Bonchev–Trinajstić information content (AvgIpc) is 2.61. The largest absolute Gasteiger partial charge is 0.360 e. The molecule has 0 aliphatic rings. The van der Waals surface area contributed by atoms with Crippen LogP contribution in [0.2, 0.25) is 0 Å². The van der Waals surface area contributed by atoms with Crippen molar-refractivity contribution in [3.63, 3.8) is 0 Å². The van der Waals surface area contributed by atoms with Crippen molar-refractivity contribution >= 4 is 10.9 Å². The highest BCUT2D eigenvalue weighted by atomic mass is 16.5. The van der Waals surface area contributed by atoms with Crippen LogP contribution in [0, 0.1) is 5.92 Å². The van der Waals surface area contributed by atoms with Crippen molar-refractivity contribution in [1.82, 2.24) is 5.16 Å². The number of nitrogens with zero attached hydrogens (tertiary/aromatic N) is 1. The van der Waals surface area contributed by atoms with Crippen LogP contribution in [0.15, 0.2) is 22.7 Å². The fourth-order valence-electron chi connectivity index (χ4n) is 1.88. The molecule has 0 unspecified atom stereocenters. The van der Waals surface area contributed by atoms with Gasteiger partial charge in [0.1, 0.15) is 11.3 Å². The summed E-state index contributed by atoms with van der Waals surface area (Å²) in [5.74, 6) is 1.57. The summed E-state index contributed by atoms with van der Waals surface area (Å²) in [6.45, 7) is 5.02. The summed E-state index contributed by atoms with van der Waals surface area (Å²) in [6, 6.07) is 6.26. The first-order chi connectivity index (χ1) is 7.70. The summed E-state index contributed by atoms with van der Waals surface area (Å²) in [4.78, 5) is 0. The molecule has 0 amide bonds. The molecule has 0 aliphatic heterocycles. The molecule has 1 aromatic carbocycles. The molecule has 3 heteroatoms. The molecule has 3 nitrogen and oxygen atoms in total. The Morgan fingerprint density at radius 3 is 2.88 bits per heavy atom. The van der Waals surface area contributed by atoms with Gasteiger partial charge in [-0.05, 0) is 36.6 Å². The first-order valence-electron chi connectivity index (χ1n) is 5.78. The molecular weight excluding hydrogens is 200 g/mol. The summed E-state index contributed by atoms with van der Waals surface area (Å²) in [6.07, 6.45) is 1.83. The standard InChI is InChI=1S/C13H18N2O/c1-9(2)7-13-11-4-3-10(5-6-14)8-12(11)15-16-13/h3-4,8-9H,5-7,14H2,1-2H3. The fourth-order valence-corrected chi connectivity index (χ4v) is 1.88. The topological polar surface area (TPSA) is 52.0 Å². The van der Waals surface area contributed by atoms with Crippen molar-refractivity contribution in [2.75, 3.05) is 6.54 Å². The molecule has 0 bridgehead atoms. The summed E-state index contributed by atoms with van der Waals surface area (Å²) in [5, 5.41) is 5.23. The summed E-state index contributed by atoms with van der Waals surface area (Å²) in [7, 11) is 0. The molecular formula is C13H18N2O. The van der Waals surface area contributed by atoms with Gasteiger partial charge < -0.3 is 10.3 Å². The molecule has 0 saturated carbocycles. The normalized spacial score (nSPS) is 11.5. The summed E-state index contributed by atoms with van der Waals surface area (Å²) in [5.41, 5.74) is 7.70. The Kier molecular flexibility index (Phi) is 3.25. The Hall–Kier alpha value is -1.35. The molecule has 2 rings (SSSR count). The van der Waals surface area contributed by atoms with Crippen LogP contribution < -0.4 is 5.73 Å². The van der Waals surface area contributed by atoms with E-state index in [1.54, 1.807) is 0 Å². The lowest BCUT2D eigenvalue weighted by molar-refractivity contribution is 0.376. The predicted octanol–water partition coefficient (Wildman–Crippen LogP) is 2.53. The maximum atomic E-state index is 5.53. The second kappa shape index (κ2) is 4.66. The lowest BCUT2D eigenvalue weighted by Gasteiger charge is -2.00. The van der Waals surface area contributed by atoms with E-state index < -0.39 is 0 Å². The zero-order chi connectivity index (χ0) is 11.5. The molecule has 1 aromatic heterocycles. The van der Waals surface area contributed by atoms with Crippen molar-refractivity contribution in [3.8, 4) is 0 Å². The lowest BCUT2D eigenvalue weighted by atomic mass is 10.0. The quantitative estimate of drug-likeness (QED) is 0.858. The van der Waals surface area contributed by atoms with Gasteiger partial charge in [-0.25, -0.2) is 0 Å².